The van der Waals surface area contributed by atoms with E-state index in [4.69, 9.17) is 0 Å². The fraction of sp³-hybridized carbons (Fsp3) is 0.0159. The Hall–Kier alpha value is -8.04. The first-order chi connectivity index (χ1) is 32.3. The van der Waals surface area contributed by atoms with Gasteiger partial charge in [0.15, 0.2) is 0 Å². The van der Waals surface area contributed by atoms with Crippen molar-refractivity contribution in [2.24, 2.45) is 0 Å². The monoisotopic (exact) mass is 843 g/mol. The van der Waals surface area contributed by atoms with Crippen LogP contribution in [-0.4, -0.2) is 0 Å². The number of thiophene rings is 1. The van der Waals surface area contributed by atoms with Crippen molar-refractivity contribution in [3.05, 3.63) is 271 Å². The second-order valence-electron chi connectivity index (χ2n) is 17.1. The Labute approximate surface area is 382 Å². The van der Waals surface area contributed by atoms with Crippen molar-refractivity contribution in [1.82, 2.24) is 0 Å². The molecule has 1 nitrogen and oxygen atoms in total. The van der Waals surface area contributed by atoms with Gasteiger partial charge in [0.05, 0.1) is 11.1 Å². The summed E-state index contributed by atoms with van der Waals surface area (Å²) in [5.41, 5.74) is 15.4. The van der Waals surface area contributed by atoms with Crippen molar-refractivity contribution < 1.29 is 0 Å². The molecule has 0 atom stereocenters. The van der Waals surface area contributed by atoms with Gasteiger partial charge >= 0.3 is 0 Å². The van der Waals surface area contributed by atoms with E-state index in [0.29, 0.717) is 0 Å². The summed E-state index contributed by atoms with van der Waals surface area (Å²) < 4.78 is 2.64. The Kier molecular flexibility index (Phi) is 8.69. The highest BCUT2D eigenvalue weighted by Crippen LogP contribution is 2.58. The second kappa shape index (κ2) is 15.1. The third-order valence-electron chi connectivity index (χ3n) is 13.7. The first kappa shape index (κ1) is 37.5. The van der Waals surface area contributed by atoms with E-state index in [-0.39, 0.29) is 0 Å². The highest BCUT2D eigenvalue weighted by molar-refractivity contribution is 7.26. The van der Waals surface area contributed by atoms with Gasteiger partial charge in [0, 0.05) is 42.5 Å². The summed E-state index contributed by atoms with van der Waals surface area (Å²) in [7, 11) is 0. The van der Waals surface area contributed by atoms with E-state index in [9.17, 15) is 0 Å². The molecule has 1 aliphatic rings. The number of hydrogen-bond donors (Lipinski definition) is 0. The molecule has 0 aliphatic heterocycles. The summed E-state index contributed by atoms with van der Waals surface area (Å²) in [5.74, 6) is 0. The lowest BCUT2D eigenvalue weighted by molar-refractivity contribution is 0.768. The summed E-state index contributed by atoms with van der Waals surface area (Å²) in [6.07, 6.45) is 0. The molecule has 11 aromatic carbocycles. The molecule has 0 saturated carbocycles. The third kappa shape index (κ3) is 5.71. The minimum Gasteiger partial charge on any atom is -0.309 e. The summed E-state index contributed by atoms with van der Waals surface area (Å²) in [4.78, 5) is 2.54. The molecule has 0 amide bonds. The molecule has 0 N–H and O–H groups in total. The predicted molar refractivity (Wildman–Crippen MR) is 277 cm³/mol. The van der Waals surface area contributed by atoms with Crippen LogP contribution >= 0.6 is 11.3 Å². The van der Waals surface area contributed by atoms with E-state index >= 15 is 0 Å². The van der Waals surface area contributed by atoms with Crippen molar-refractivity contribution in [3.63, 3.8) is 0 Å². The van der Waals surface area contributed by atoms with Crippen molar-refractivity contribution in [2.45, 2.75) is 5.41 Å². The zero-order valence-corrected chi connectivity index (χ0v) is 36.3. The molecule has 0 bridgehead atoms. The number of hydrogen-bond acceptors (Lipinski definition) is 2. The molecular weight excluding hydrogens is 803 g/mol. The first-order valence-corrected chi connectivity index (χ1v) is 23.2. The van der Waals surface area contributed by atoms with Gasteiger partial charge in [-0.3, -0.25) is 0 Å². The largest absolute Gasteiger partial charge is 0.309 e. The molecule has 13 rings (SSSR count). The maximum absolute atomic E-state index is 2.54. The predicted octanol–water partition coefficient (Wildman–Crippen LogP) is 17.5. The van der Waals surface area contributed by atoms with E-state index in [1.807, 2.05) is 11.3 Å². The smallest absolute Gasteiger partial charge is 0.0713 e. The summed E-state index contributed by atoms with van der Waals surface area (Å²) in [6.45, 7) is 0. The molecule has 0 saturated heterocycles. The summed E-state index contributed by atoms with van der Waals surface area (Å²) in [5, 5.41) is 7.53. The Morgan fingerprint density at radius 3 is 1.57 bits per heavy atom. The molecule has 12 aromatic rings. The molecule has 2 heteroatoms. The van der Waals surface area contributed by atoms with Gasteiger partial charge in [-0.05, 0) is 96.6 Å². The standard InChI is InChI=1S/C63H41NS/c1-4-19-43(20-5-1)60-53-29-12-10-25-49(53)50-26-11-13-30-54(50)61(60)64(46-37-35-42(36-38-46)48-31-18-32-55-52-28-15-17-34-59(52)65-62(48)55)47-39-40-58-56(41-47)51-27-14-16-33-57(51)63(58,44-21-6-2-7-22-44)45-23-8-3-9-24-45/h1-41H. The Balaban J connectivity index is 1.10. The lowest BCUT2D eigenvalue weighted by Gasteiger charge is -2.34. The van der Waals surface area contributed by atoms with E-state index in [1.165, 1.54) is 97.4 Å². The number of benzene rings is 11. The topological polar surface area (TPSA) is 3.24 Å². The van der Waals surface area contributed by atoms with Crippen molar-refractivity contribution >= 4 is 70.1 Å². The quantitative estimate of drug-likeness (QED) is 0.145. The Morgan fingerprint density at radius 1 is 0.323 bits per heavy atom. The molecule has 0 fully saturated rings. The van der Waals surface area contributed by atoms with Crippen LogP contribution in [0.4, 0.5) is 17.1 Å². The number of rotatable bonds is 7. The molecule has 1 aromatic heterocycles. The number of anilines is 3. The van der Waals surface area contributed by atoms with Crippen LogP contribution in [0.5, 0.6) is 0 Å². The second-order valence-corrected chi connectivity index (χ2v) is 18.2. The Bertz CT molecular complexity index is 3720. The van der Waals surface area contributed by atoms with Crippen LogP contribution in [0.25, 0.3) is 75.1 Å². The molecule has 304 valence electrons. The van der Waals surface area contributed by atoms with Gasteiger partial charge in [-0.15, -0.1) is 11.3 Å². The Morgan fingerprint density at radius 2 is 0.846 bits per heavy atom. The normalized spacial score (nSPS) is 12.7. The zero-order valence-electron chi connectivity index (χ0n) is 35.5. The van der Waals surface area contributed by atoms with Crippen LogP contribution in [0, 0.1) is 0 Å². The summed E-state index contributed by atoms with van der Waals surface area (Å²) >= 11 is 1.88. The average molecular weight is 844 g/mol. The minimum absolute atomic E-state index is 0.488. The van der Waals surface area contributed by atoms with Gasteiger partial charge in [-0.1, -0.05) is 218 Å². The van der Waals surface area contributed by atoms with Crippen LogP contribution in [0.15, 0.2) is 249 Å². The molecule has 65 heavy (non-hydrogen) atoms. The third-order valence-corrected chi connectivity index (χ3v) is 15.0. The summed E-state index contributed by atoms with van der Waals surface area (Å²) in [6, 6.07) is 92.1. The molecule has 0 radical (unpaired) electrons. The molecule has 1 aliphatic carbocycles. The van der Waals surface area contributed by atoms with E-state index in [2.05, 4.69) is 254 Å². The number of nitrogens with zero attached hydrogens (tertiary/aromatic N) is 1. The SMILES string of the molecule is c1ccc(-c2c(N(c3ccc(-c4cccc5c4sc4ccccc45)cc3)c3ccc4c(c3)-c3ccccc3C4(c3ccccc3)c3ccccc3)c3ccccc3c3ccccc23)cc1. The maximum atomic E-state index is 2.54. The van der Waals surface area contributed by atoms with Crippen LogP contribution in [0.3, 0.4) is 0 Å². The van der Waals surface area contributed by atoms with Crippen LogP contribution in [-0.2, 0) is 5.41 Å². The fourth-order valence-electron chi connectivity index (χ4n) is 11.0. The molecular formula is C63H41NS. The first-order valence-electron chi connectivity index (χ1n) is 22.4. The van der Waals surface area contributed by atoms with Gasteiger partial charge in [0.25, 0.3) is 0 Å². The highest BCUT2D eigenvalue weighted by atomic mass is 32.1. The van der Waals surface area contributed by atoms with Crippen LogP contribution < -0.4 is 4.90 Å². The van der Waals surface area contributed by atoms with Crippen molar-refractivity contribution in [3.8, 4) is 33.4 Å². The lowest BCUT2D eigenvalue weighted by Crippen LogP contribution is -2.28. The number of fused-ring (bicyclic) bond motifs is 9. The van der Waals surface area contributed by atoms with E-state index in [0.717, 1.165) is 17.1 Å². The average Bonchev–Trinajstić information content (AvgIpc) is 3.91. The van der Waals surface area contributed by atoms with Gasteiger partial charge in [0.1, 0.15) is 0 Å². The molecule has 0 spiro atoms. The van der Waals surface area contributed by atoms with Gasteiger partial charge in [-0.2, -0.15) is 0 Å². The van der Waals surface area contributed by atoms with E-state index in [1.54, 1.807) is 0 Å². The fourth-order valence-corrected chi connectivity index (χ4v) is 12.2. The minimum atomic E-state index is -0.488. The highest BCUT2D eigenvalue weighted by Gasteiger charge is 2.46. The molecule has 1 heterocycles. The van der Waals surface area contributed by atoms with Crippen molar-refractivity contribution in [1.29, 1.82) is 0 Å². The van der Waals surface area contributed by atoms with Crippen LogP contribution in [0.1, 0.15) is 22.3 Å². The van der Waals surface area contributed by atoms with Crippen LogP contribution in [0.2, 0.25) is 0 Å². The lowest BCUT2D eigenvalue weighted by atomic mass is 9.68. The van der Waals surface area contributed by atoms with Gasteiger partial charge < -0.3 is 4.90 Å². The van der Waals surface area contributed by atoms with Gasteiger partial charge in [-0.25, -0.2) is 0 Å². The zero-order chi connectivity index (χ0) is 42.9. The molecule has 0 unspecified atom stereocenters. The van der Waals surface area contributed by atoms with Crippen molar-refractivity contribution in [2.75, 3.05) is 4.90 Å². The maximum Gasteiger partial charge on any atom is 0.0713 e. The van der Waals surface area contributed by atoms with Gasteiger partial charge in [0.2, 0.25) is 0 Å². The van der Waals surface area contributed by atoms with E-state index < -0.39 is 5.41 Å².